The summed E-state index contributed by atoms with van der Waals surface area (Å²) in [5, 5.41) is 5.31. The number of rotatable bonds is 5. The molecule has 0 unspecified atom stereocenters. The molecule has 0 fully saturated rings. The van der Waals surface area contributed by atoms with E-state index in [1.807, 2.05) is 25.1 Å². The van der Waals surface area contributed by atoms with Gasteiger partial charge in [-0.25, -0.2) is 4.79 Å². The molecule has 2 amide bonds. The summed E-state index contributed by atoms with van der Waals surface area (Å²) in [6, 6.07) is 13.6. The first-order valence-corrected chi connectivity index (χ1v) is 7.81. The number of carbonyl (C=O) groups excluding carboxylic acids is 3. The van der Waals surface area contributed by atoms with Crippen LogP contribution < -0.4 is 10.6 Å². The van der Waals surface area contributed by atoms with Gasteiger partial charge in [-0.2, -0.15) is 0 Å². The van der Waals surface area contributed by atoms with Crippen molar-refractivity contribution in [2.75, 3.05) is 10.6 Å². The molecule has 0 aliphatic carbocycles. The first kappa shape index (κ1) is 18.2. The summed E-state index contributed by atoms with van der Waals surface area (Å²) in [7, 11) is 0. The van der Waals surface area contributed by atoms with Crippen molar-refractivity contribution in [2.24, 2.45) is 0 Å². The second-order valence-corrected chi connectivity index (χ2v) is 5.66. The number of nitrogens with one attached hydrogen (secondary N) is 2. The van der Waals surface area contributed by atoms with Crippen molar-refractivity contribution >= 4 is 29.2 Å². The highest BCUT2D eigenvalue weighted by molar-refractivity contribution is 5.97. The van der Waals surface area contributed by atoms with Gasteiger partial charge < -0.3 is 15.4 Å². The topological polar surface area (TPSA) is 84.5 Å². The van der Waals surface area contributed by atoms with E-state index in [4.69, 9.17) is 4.74 Å². The molecule has 2 N–H and O–H groups in total. The lowest BCUT2D eigenvalue weighted by atomic mass is 10.2. The van der Waals surface area contributed by atoms with Crippen LogP contribution in [0.15, 0.2) is 48.5 Å². The summed E-state index contributed by atoms with van der Waals surface area (Å²) >= 11 is 0. The fourth-order valence-corrected chi connectivity index (χ4v) is 2.14. The van der Waals surface area contributed by atoms with Gasteiger partial charge in [-0.1, -0.05) is 12.1 Å². The molecule has 130 valence electrons. The van der Waals surface area contributed by atoms with Gasteiger partial charge >= 0.3 is 5.97 Å². The first-order chi connectivity index (χ1) is 11.8. The van der Waals surface area contributed by atoms with Gasteiger partial charge in [-0.3, -0.25) is 9.59 Å². The van der Waals surface area contributed by atoms with Crippen LogP contribution in [0, 0.1) is 6.92 Å². The van der Waals surface area contributed by atoms with Crippen molar-refractivity contribution in [3.05, 3.63) is 59.7 Å². The van der Waals surface area contributed by atoms with Crippen LogP contribution in [0.25, 0.3) is 0 Å². The molecule has 25 heavy (non-hydrogen) atoms. The van der Waals surface area contributed by atoms with E-state index in [0.29, 0.717) is 16.9 Å². The predicted molar refractivity (Wildman–Crippen MR) is 95.4 cm³/mol. The molecule has 0 bridgehead atoms. The Labute approximate surface area is 146 Å². The number of hydrogen-bond acceptors (Lipinski definition) is 4. The Morgan fingerprint density at radius 2 is 1.64 bits per heavy atom. The summed E-state index contributed by atoms with van der Waals surface area (Å²) in [6.07, 6.45) is -0.942. The summed E-state index contributed by atoms with van der Waals surface area (Å²) in [5.41, 5.74) is 2.54. The molecule has 0 aliphatic heterocycles. The maximum Gasteiger partial charge on any atom is 0.338 e. The number of carbonyl (C=O) groups is 3. The third-order valence-corrected chi connectivity index (χ3v) is 3.38. The van der Waals surface area contributed by atoms with Gasteiger partial charge in [-0.05, 0) is 55.8 Å². The average Bonchev–Trinajstić information content (AvgIpc) is 2.54. The quantitative estimate of drug-likeness (QED) is 0.819. The Morgan fingerprint density at radius 1 is 0.960 bits per heavy atom. The number of benzene rings is 2. The van der Waals surface area contributed by atoms with Gasteiger partial charge in [0.1, 0.15) is 0 Å². The molecule has 2 aromatic carbocycles. The zero-order chi connectivity index (χ0) is 18.4. The maximum atomic E-state index is 12.1. The molecule has 0 saturated carbocycles. The molecular weight excluding hydrogens is 320 g/mol. The summed E-state index contributed by atoms with van der Waals surface area (Å²) in [5.74, 6) is -1.22. The van der Waals surface area contributed by atoms with Gasteiger partial charge in [-0.15, -0.1) is 0 Å². The highest BCUT2D eigenvalue weighted by Crippen LogP contribution is 2.13. The molecule has 6 nitrogen and oxygen atoms in total. The van der Waals surface area contributed by atoms with Gasteiger partial charge in [0, 0.05) is 18.3 Å². The Balaban J connectivity index is 1.94. The monoisotopic (exact) mass is 340 g/mol. The number of amides is 2. The van der Waals surface area contributed by atoms with E-state index in [9.17, 15) is 14.4 Å². The SMILES string of the molecule is CC(=O)Nc1ccc(C(=O)O[C@H](C)C(=O)Nc2cccc(C)c2)cc1. The molecule has 0 aromatic heterocycles. The molecule has 6 heteroatoms. The van der Waals surface area contributed by atoms with Crippen molar-refractivity contribution in [1.82, 2.24) is 0 Å². The third-order valence-electron chi connectivity index (χ3n) is 3.38. The number of ether oxygens (including phenoxy) is 1. The number of aryl methyl sites for hydroxylation is 1. The lowest BCUT2D eigenvalue weighted by Crippen LogP contribution is -2.30. The van der Waals surface area contributed by atoms with Crippen LogP contribution in [0.5, 0.6) is 0 Å². The van der Waals surface area contributed by atoms with E-state index in [1.54, 1.807) is 18.2 Å². The Hall–Kier alpha value is -3.15. The Morgan fingerprint density at radius 3 is 2.24 bits per heavy atom. The van der Waals surface area contributed by atoms with Crippen LogP contribution in [-0.4, -0.2) is 23.9 Å². The van der Waals surface area contributed by atoms with Crippen molar-refractivity contribution in [3.8, 4) is 0 Å². The lowest BCUT2D eigenvalue weighted by molar-refractivity contribution is -0.123. The molecule has 0 spiro atoms. The van der Waals surface area contributed by atoms with Crippen LogP contribution >= 0.6 is 0 Å². The fourth-order valence-electron chi connectivity index (χ4n) is 2.14. The highest BCUT2D eigenvalue weighted by atomic mass is 16.5. The van der Waals surface area contributed by atoms with Gasteiger partial charge in [0.05, 0.1) is 5.56 Å². The van der Waals surface area contributed by atoms with Crippen LogP contribution in [0.2, 0.25) is 0 Å². The van der Waals surface area contributed by atoms with Gasteiger partial charge in [0.2, 0.25) is 5.91 Å². The van der Waals surface area contributed by atoms with E-state index in [2.05, 4.69) is 10.6 Å². The van der Waals surface area contributed by atoms with Gasteiger partial charge in [0.25, 0.3) is 5.91 Å². The van der Waals surface area contributed by atoms with Gasteiger partial charge in [0.15, 0.2) is 6.10 Å². The molecule has 2 rings (SSSR count). The number of anilines is 2. The molecule has 0 saturated heterocycles. The number of esters is 1. The van der Waals surface area contributed by atoms with Crippen LogP contribution in [0.4, 0.5) is 11.4 Å². The van der Waals surface area contributed by atoms with Crippen LogP contribution in [-0.2, 0) is 14.3 Å². The predicted octanol–water partition coefficient (Wildman–Crippen LogP) is 3.14. The van der Waals surface area contributed by atoms with Crippen molar-refractivity contribution in [1.29, 1.82) is 0 Å². The Bertz CT molecular complexity index is 784. The van der Waals surface area contributed by atoms with Crippen molar-refractivity contribution < 1.29 is 19.1 Å². The maximum absolute atomic E-state index is 12.1. The molecule has 2 aromatic rings. The van der Waals surface area contributed by atoms with E-state index in [1.165, 1.54) is 26.0 Å². The molecule has 0 aliphatic rings. The van der Waals surface area contributed by atoms with Crippen LogP contribution in [0.3, 0.4) is 0 Å². The minimum absolute atomic E-state index is 0.197. The third kappa shape index (κ3) is 5.46. The van der Waals surface area contributed by atoms with E-state index in [-0.39, 0.29) is 5.91 Å². The van der Waals surface area contributed by atoms with Crippen LogP contribution in [0.1, 0.15) is 29.8 Å². The lowest BCUT2D eigenvalue weighted by Gasteiger charge is -2.14. The minimum atomic E-state index is -0.942. The molecule has 0 radical (unpaired) electrons. The zero-order valence-corrected chi connectivity index (χ0v) is 14.3. The standard InChI is InChI=1S/C19H20N2O4/c1-12-5-4-6-17(11-12)21-18(23)13(2)25-19(24)15-7-9-16(10-8-15)20-14(3)22/h4-11,13H,1-3H3,(H,20,22)(H,21,23)/t13-/m1/s1. The summed E-state index contributed by atoms with van der Waals surface area (Å²) in [6.45, 7) is 4.83. The van der Waals surface area contributed by atoms with Crippen molar-refractivity contribution in [3.63, 3.8) is 0 Å². The average molecular weight is 340 g/mol. The molecule has 1 atom stereocenters. The Kier molecular flexibility index (Phi) is 5.89. The normalized spacial score (nSPS) is 11.3. The number of hydrogen-bond donors (Lipinski definition) is 2. The van der Waals surface area contributed by atoms with E-state index in [0.717, 1.165) is 5.56 Å². The fraction of sp³-hybridized carbons (Fsp3) is 0.211. The molecular formula is C19H20N2O4. The second kappa shape index (κ2) is 8.10. The largest absolute Gasteiger partial charge is 0.449 e. The smallest absolute Gasteiger partial charge is 0.338 e. The van der Waals surface area contributed by atoms with Crippen molar-refractivity contribution in [2.45, 2.75) is 26.9 Å². The molecule has 0 heterocycles. The highest BCUT2D eigenvalue weighted by Gasteiger charge is 2.19. The van der Waals surface area contributed by atoms with E-state index >= 15 is 0 Å². The zero-order valence-electron chi connectivity index (χ0n) is 14.3. The first-order valence-electron chi connectivity index (χ1n) is 7.81. The summed E-state index contributed by atoms with van der Waals surface area (Å²) < 4.78 is 5.18. The van der Waals surface area contributed by atoms with E-state index < -0.39 is 18.0 Å². The summed E-state index contributed by atoms with van der Waals surface area (Å²) in [4.78, 5) is 35.2. The second-order valence-electron chi connectivity index (χ2n) is 5.66. The minimum Gasteiger partial charge on any atom is -0.449 e.